The predicted octanol–water partition coefficient (Wildman–Crippen LogP) is 4.17. The molecule has 0 atom stereocenters. The highest BCUT2D eigenvalue weighted by molar-refractivity contribution is 6.14. The molecule has 5 nitrogen and oxygen atoms in total. The van der Waals surface area contributed by atoms with Crippen LogP contribution in [0, 0.1) is 6.92 Å². The van der Waals surface area contributed by atoms with Crippen molar-refractivity contribution in [2.75, 3.05) is 20.6 Å². The lowest BCUT2D eigenvalue weighted by Crippen LogP contribution is -2.15. The van der Waals surface area contributed by atoms with Gasteiger partial charge < -0.3 is 14.6 Å². The Morgan fingerprint density at radius 2 is 1.52 bits per heavy atom. The summed E-state index contributed by atoms with van der Waals surface area (Å²) in [5.41, 5.74) is 3.83. The van der Waals surface area contributed by atoms with E-state index < -0.39 is 0 Å². The van der Waals surface area contributed by atoms with Gasteiger partial charge in [-0.05, 0) is 71.6 Å². The number of phenols is 1. The van der Waals surface area contributed by atoms with E-state index in [0.29, 0.717) is 11.1 Å². The Kier molecular flexibility index (Phi) is 5.07. The molecule has 3 aromatic rings. The van der Waals surface area contributed by atoms with Gasteiger partial charge in [0.05, 0.1) is 11.1 Å². The van der Waals surface area contributed by atoms with Gasteiger partial charge in [-0.15, -0.1) is 0 Å². The first-order valence-electron chi connectivity index (χ1n) is 9.17. The van der Waals surface area contributed by atoms with E-state index in [1.165, 1.54) is 6.92 Å². The number of Topliss-reactive ketones (excluding diaryl/α,β-unsaturated/α-hetero) is 2. The number of carbonyl (C=O) groups is 2. The minimum Gasteiger partial charge on any atom is -0.507 e. The van der Waals surface area contributed by atoms with Crippen LogP contribution in [0.4, 0.5) is 0 Å². The Balaban J connectivity index is 2.32. The fourth-order valence-corrected chi connectivity index (χ4v) is 3.73. The number of aromatic hydroxyl groups is 1. The van der Waals surface area contributed by atoms with Crippen molar-refractivity contribution in [1.82, 2.24) is 9.47 Å². The molecular formula is C22H26N2O3. The van der Waals surface area contributed by atoms with Crippen LogP contribution in [0.2, 0.25) is 0 Å². The monoisotopic (exact) mass is 366 g/mol. The van der Waals surface area contributed by atoms with Crippen LogP contribution in [-0.2, 0) is 6.54 Å². The predicted molar refractivity (Wildman–Crippen MR) is 109 cm³/mol. The molecule has 142 valence electrons. The van der Waals surface area contributed by atoms with Crippen molar-refractivity contribution >= 4 is 33.4 Å². The van der Waals surface area contributed by atoms with Gasteiger partial charge in [0.2, 0.25) is 0 Å². The lowest BCUT2D eigenvalue weighted by atomic mass is 10.0. The molecule has 0 bridgehead atoms. The Morgan fingerprint density at radius 1 is 0.963 bits per heavy atom. The number of phenolic OH excluding ortho intramolecular Hbond substituents is 1. The molecule has 3 rings (SSSR count). The lowest BCUT2D eigenvalue weighted by Gasteiger charge is -2.12. The number of hydrogen-bond donors (Lipinski definition) is 1. The molecular weight excluding hydrogens is 340 g/mol. The highest BCUT2D eigenvalue weighted by atomic mass is 16.3. The van der Waals surface area contributed by atoms with Crippen molar-refractivity contribution in [3.8, 4) is 5.75 Å². The molecule has 0 aliphatic rings. The molecule has 0 fully saturated rings. The van der Waals surface area contributed by atoms with Crippen LogP contribution in [-0.4, -0.2) is 46.8 Å². The maximum absolute atomic E-state index is 12.0. The Hall–Kier alpha value is -2.66. The minimum absolute atomic E-state index is 0.00446. The summed E-state index contributed by atoms with van der Waals surface area (Å²) in [7, 11) is 4.08. The second-order valence-corrected chi connectivity index (χ2v) is 7.49. The fraction of sp³-hybridized carbons (Fsp3) is 0.364. The molecule has 1 N–H and O–H groups in total. The summed E-state index contributed by atoms with van der Waals surface area (Å²) < 4.78 is 2.18. The van der Waals surface area contributed by atoms with Crippen LogP contribution in [0.15, 0.2) is 24.3 Å². The normalized spacial score (nSPS) is 11.6. The van der Waals surface area contributed by atoms with Crippen LogP contribution in [0.1, 0.15) is 46.5 Å². The zero-order chi connectivity index (χ0) is 19.9. The Morgan fingerprint density at radius 3 is 2.07 bits per heavy atom. The van der Waals surface area contributed by atoms with Crippen molar-refractivity contribution in [3.63, 3.8) is 0 Å². The molecule has 0 aliphatic heterocycles. The zero-order valence-corrected chi connectivity index (χ0v) is 16.6. The van der Waals surface area contributed by atoms with Crippen molar-refractivity contribution in [2.24, 2.45) is 0 Å². The van der Waals surface area contributed by atoms with E-state index in [0.717, 1.165) is 46.9 Å². The highest BCUT2D eigenvalue weighted by Gasteiger charge is 2.18. The number of benzene rings is 2. The molecule has 5 heteroatoms. The van der Waals surface area contributed by atoms with E-state index in [4.69, 9.17) is 0 Å². The molecule has 0 unspecified atom stereocenters. The van der Waals surface area contributed by atoms with Crippen LogP contribution in [0.3, 0.4) is 0 Å². The van der Waals surface area contributed by atoms with Gasteiger partial charge in [0.25, 0.3) is 0 Å². The minimum atomic E-state index is -0.179. The van der Waals surface area contributed by atoms with Gasteiger partial charge in [0.15, 0.2) is 11.6 Å². The first kappa shape index (κ1) is 19.1. The van der Waals surface area contributed by atoms with Gasteiger partial charge in [-0.1, -0.05) is 0 Å². The Labute approximate surface area is 159 Å². The zero-order valence-electron chi connectivity index (χ0n) is 16.6. The van der Waals surface area contributed by atoms with Crippen LogP contribution in [0.25, 0.3) is 21.8 Å². The average molecular weight is 366 g/mol. The lowest BCUT2D eigenvalue weighted by molar-refractivity contribution is 0.100. The molecule has 0 amide bonds. The van der Waals surface area contributed by atoms with Crippen molar-refractivity contribution in [2.45, 2.75) is 33.7 Å². The van der Waals surface area contributed by atoms with Crippen molar-refractivity contribution in [3.05, 3.63) is 41.0 Å². The standard InChI is InChI=1S/C22H26N2O3/c1-13-9-20-18(10-16(13)14(2)25)19-11-17(15(3)26)22(27)12-21(19)24(20)8-6-7-23(4)5/h9-12,27H,6-8H2,1-5H3. The van der Waals surface area contributed by atoms with Gasteiger partial charge >= 0.3 is 0 Å². The molecule has 2 aromatic carbocycles. The SMILES string of the molecule is CC(=O)c1cc2c3cc(C(C)=O)c(O)cc3n(CCCN(C)C)c2cc1C. The second kappa shape index (κ2) is 7.16. The third-order valence-corrected chi connectivity index (χ3v) is 5.07. The number of carbonyl (C=O) groups excluding carboxylic acids is 2. The Bertz CT molecular complexity index is 984. The summed E-state index contributed by atoms with van der Waals surface area (Å²) in [6, 6.07) is 7.37. The molecule has 0 saturated carbocycles. The summed E-state index contributed by atoms with van der Waals surface area (Å²) in [4.78, 5) is 26.1. The molecule has 0 radical (unpaired) electrons. The third-order valence-electron chi connectivity index (χ3n) is 5.07. The van der Waals surface area contributed by atoms with Gasteiger partial charge in [0.1, 0.15) is 5.75 Å². The topological polar surface area (TPSA) is 62.5 Å². The van der Waals surface area contributed by atoms with Crippen molar-refractivity contribution in [1.29, 1.82) is 0 Å². The van der Waals surface area contributed by atoms with E-state index in [1.807, 2.05) is 33.2 Å². The molecule has 0 aliphatic carbocycles. The second-order valence-electron chi connectivity index (χ2n) is 7.49. The number of aryl methyl sites for hydroxylation is 2. The van der Waals surface area contributed by atoms with E-state index in [1.54, 1.807) is 19.1 Å². The van der Waals surface area contributed by atoms with Gasteiger partial charge in [-0.2, -0.15) is 0 Å². The third kappa shape index (κ3) is 3.47. The quantitative estimate of drug-likeness (QED) is 0.665. The first-order valence-corrected chi connectivity index (χ1v) is 9.17. The maximum Gasteiger partial charge on any atom is 0.163 e. The molecule has 1 heterocycles. The van der Waals surface area contributed by atoms with E-state index in [2.05, 4.69) is 9.47 Å². The largest absolute Gasteiger partial charge is 0.507 e. The summed E-state index contributed by atoms with van der Waals surface area (Å²) in [6.07, 6.45) is 0.953. The van der Waals surface area contributed by atoms with Gasteiger partial charge in [-0.25, -0.2) is 0 Å². The van der Waals surface area contributed by atoms with Gasteiger partial charge in [-0.3, -0.25) is 9.59 Å². The number of rotatable bonds is 6. The fourth-order valence-electron chi connectivity index (χ4n) is 3.73. The summed E-state index contributed by atoms with van der Waals surface area (Å²) in [6.45, 7) is 6.69. The maximum atomic E-state index is 12.0. The molecule has 27 heavy (non-hydrogen) atoms. The molecule has 1 aromatic heterocycles. The van der Waals surface area contributed by atoms with Crippen LogP contribution < -0.4 is 0 Å². The summed E-state index contributed by atoms with van der Waals surface area (Å²) in [5.74, 6) is -0.162. The van der Waals surface area contributed by atoms with Crippen LogP contribution >= 0.6 is 0 Å². The number of hydrogen-bond acceptors (Lipinski definition) is 4. The number of fused-ring (bicyclic) bond motifs is 3. The number of nitrogens with zero attached hydrogens (tertiary/aromatic N) is 2. The van der Waals surface area contributed by atoms with Crippen LogP contribution in [0.5, 0.6) is 5.75 Å². The average Bonchev–Trinajstić information content (AvgIpc) is 2.85. The molecule has 0 saturated heterocycles. The number of aromatic nitrogens is 1. The van der Waals surface area contributed by atoms with E-state index in [9.17, 15) is 14.7 Å². The van der Waals surface area contributed by atoms with Gasteiger partial charge in [0, 0.05) is 34.5 Å². The van der Waals surface area contributed by atoms with E-state index in [-0.39, 0.29) is 17.3 Å². The molecule has 0 spiro atoms. The first-order chi connectivity index (χ1) is 12.7. The smallest absolute Gasteiger partial charge is 0.163 e. The van der Waals surface area contributed by atoms with E-state index >= 15 is 0 Å². The number of ketones is 2. The summed E-state index contributed by atoms with van der Waals surface area (Å²) in [5, 5.41) is 12.2. The highest BCUT2D eigenvalue weighted by Crippen LogP contribution is 2.35. The summed E-state index contributed by atoms with van der Waals surface area (Å²) >= 11 is 0. The van der Waals surface area contributed by atoms with Crippen molar-refractivity contribution < 1.29 is 14.7 Å².